The largest absolute Gasteiger partial charge is 0.480 e. The fourth-order valence-corrected chi connectivity index (χ4v) is 3.27. The zero-order valence-corrected chi connectivity index (χ0v) is 16.6. The van der Waals surface area contributed by atoms with Crippen LogP contribution in [0.4, 0.5) is 0 Å². The molecule has 10 heteroatoms. The lowest BCUT2D eigenvalue weighted by molar-refractivity contribution is -0.145. The van der Waals surface area contributed by atoms with Crippen molar-refractivity contribution in [3.8, 4) is 0 Å². The number of nitrogens with zero attached hydrogens (tertiary/aromatic N) is 1. The molecule has 7 N–H and O–H groups in total. The van der Waals surface area contributed by atoms with Crippen molar-refractivity contribution in [2.24, 2.45) is 17.4 Å². The van der Waals surface area contributed by atoms with Gasteiger partial charge in [-0.15, -0.1) is 0 Å². The molecule has 1 fully saturated rings. The lowest BCUT2D eigenvalue weighted by Crippen LogP contribution is -2.56. The number of aliphatic carboxylic acids is 1. The van der Waals surface area contributed by atoms with Crippen molar-refractivity contribution >= 4 is 23.7 Å². The zero-order valence-electron chi connectivity index (χ0n) is 16.6. The van der Waals surface area contributed by atoms with Gasteiger partial charge in [0.15, 0.2) is 0 Å². The molecule has 0 spiro atoms. The van der Waals surface area contributed by atoms with E-state index < -0.39 is 35.9 Å². The van der Waals surface area contributed by atoms with E-state index >= 15 is 0 Å². The molecular weight excluding hydrogens is 366 g/mol. The summed E-state index contributed by atoms with van der Waals surface area (Å²) in [6.45, 7) is 4.02. The van der Waals surface area contributed by atoms with Crippen molar-refractivity contribution in [2.75, 3.05) is 19.6 Å². The molecule has 0 bridgehead atoms. The standard InChI is InChI=1S/C18H33N5O5/c1-11(2)15(18(27)28)22-16(25)13-7-5-9-23(13)17(26)12(6-3-4-8-19)21-14(24)10-20/h11-13,15H,3-10,19-20H2,1-2H3,(H,21,24)(H,22,25)(H,27,28). The minimum absolute atomic E-state index is 0.237. The van der Waals surface area contributed by atoms with Crippen LogP contribution < -0.4 is 22.1 Å². The van der Waals surface area contributed by atoms with Gasteiger partial charge in [0.2, 0.25) is 17.7 Å². The highest BCUT2D eigenvalue weighted by molar-refractivity contribution is 5.94. The Morgan fingerprint density at radius 2 is 1.82 bits per heavy atom. The van der Waals surface area contributed by atoms with Crippen molar-refractivity contribution in [1.29, 1.82) is 0 Å². The van der Waals surface area contributed by atoms with Crippen LogP contribution in [0.1, 0.15) is 46.0 Å². The van der Waals surface area contributed by atoms with Gasteiger partial charge in [0, 0.05) is 6.54 Å². The molecule has 0 aromatic heterocycles. The third-order valence-electron chi connectivity index (χ3n) is 4.83. The first-order valence-corrected chi connectivity index (χ1v) is 9.76. The second kappa shape index (κ2) is 11.6. The van der Waals surface area contributed by atoms with Gasteiger partial charge in [-0.3, -0.25) is 14.4 Å². The monoisotopic (exact) mass is 399 g/mol. The first kappa shape index (κ1) is 23.8. The summed E-state index contributed by atoms with van der Waals surface area (Å²) >= 11 is 0. The molecule has 28 heavy (non-hydrogen) atoms. The van der Waals surface area contributed by atoms with Crippen LogP contribution >= 0.6 is 0 Å². The van der Waals surface area contributed by atoms with Crippen LogP contribution in [0.5, 0.6) is 0 Å². The number of carbonyl (C=O) groups is 4. The van der Waals surface area contributed by atoms with Gasteiger partial charge < -0.3 is 32.1 Å². The van der Waals surface area contributed by atoms with Gasteiger partial charge in [0.1, 0.15) is 18.1 Å². The molecule has 1 aliphatic heterocycles. The molecule has 1 aliphatic rings. The number of nitrogens with one attached hydrogen (secondary N) is 2. The van der Waals surface area contributed by atoms with Crippen molar-refractivity contribution in [2.45, 2.75) is 64.1 Å². The Morgan fingerprint density at radius 1 is 1.14 bits per heavy atom. The number of rotatable bonds is 11. The van der Waals surface area contributed by atoms with Gasteiger partial charge in [-0.2, -0.15) is 0 Å². The van der Waals surface area contributed by atoms with E-state index in [-0.39, 0.29) is 18.4 Å². The lowest BCUT2D eigenvalue weighted by atomic mass is 10.0. The van der Waals surface area contributed by atoms with Crippen LogP contribution in [0, 0.1) is 5.92 Å². The summed E-state index contributed by atoms with van der Waals surface area (Å²) in [5.41, 5.74) is 10.8. The second-order valence-electron chi connectivity index (χ2n) is 7.37. The number of carboxylic acids is 1. The van der Waals surface area contributed by atoms with Crippen molar-refractivity contribution in [1.82, 2.24) is 15.5 Å². The highest BCUT2D eigenvalue weighted by Gasteiger charge is 2.38. The highest BCUT2D eigenvalue weighted by Crippen LogP contribution is 2.20. The van der Waals surface area contributed by atoms with E-state index in [1.54, 1.807) is 13.8 Å². The average Bonchev–Trinajstić information content (AvgIpc) is 3.13. The van der Waals surface area contributed by atoms with E-state index in [0.717, 1.165) is 0 Å². The summed E-state index contributed by atoms with van der Waals surface area (Å²) in [4.78, 5) is 50.1. The average molecular weight is 399 g/mol. The minimum Gasteiger partial charge on any atom is -0.480 e. The van der Waals surface area contributed by atoms with E-state index in [0.29, 0.717) is 45.2 Å². The molecule has 3 atom stereocenters. The number of hydrogen-bond donors (Lipinski definition) is 5. The molecule has 0 aromatic carbocycles. The Kier molecular flexibility index (Phi) is 9.88. The molecule has 3 unspecified atom stereocenters. The van der Waals surface area contributed by atoms with Crippen LogP contribution in [0.3, 0.4) is 0 Å². The van der Waals surface area contributed by atoms with Crippen LogP contribution in [-0.4, -0.2) is 71.5 Å². The Morgan fingerprint density at radius 3 is 2.36 bits per heavy atom. The molecule has 3 amide bonds. The maximum absolute atomic E-state index is 13.0. The predicted molar refractivity (Wildman–Crippen MR) is 103 cm³/mol. The minimum atomic E-state index is -1.12. The predicted octanol–water partition coefficient (Wildman–Crippen LogP) is -1.22. The molecule has 0 saturated carbocycles. The smallest absolute Gasteiger partial charge is 0.326 e. The summed E-state index contributed by atoms with van der Waals surface area (Å²) in [6.07, 6.45) is 2.83. The van der Waals surface area contributed by atoms with Crippen LogP contribution in [0.15, 0.2) is 0 Å². The first-order chi connectivity index (χ1) is 13.2. The SMILES string of the molecule is CC(C)C(NC(=O)C1CCCN1C(=O)C(CCCCN)NC(=O)CN)C(=O)O. The lowest BCUT2D eigenvalue weighted by Gasteiger charge is -2.30. The van der Waals surface area contributed by atoms with E-state index in [2.05, 4.69) is 10.6 Å². The Bertz CT molecular complexity index is 569. The van der Waals surface area contributed by atoms with Gasteiger partial charge >= 0.3 is 5.97 Å². The molecule has 0 radical (unpaired) electrons. The molecule has 10 nitrogen and oxygen atoms in total. The van der Waals surface area contributed by atoms with Gasteiger partial charge in [-0.25, -0.2) is 4.79 Å². The van der Waals surface area contributed by atoms with Crippen LogP contribution in [0.2, 0.25) is 0 Å². The van der Waals surface area contributed by atoms with Gasteiger partial charge in [-0.1, -0.05) is 13.8 Å². The molecule has 160 valence electrons. The van der Waals surface area contributed by atoms with E-state index in [1.807, 2.05) is 0 Å². The normalized spacial score (nSPS) is 18.6. The number of nitrogens with two attached hydrogens (primary N) is 2. The molecule has 0 aromatic rings. The summed E-state index contributed by atoms with van der Waals surface area (Å²) in [5.74, 6) is -2.70. The fraction of sp³-hybridized carbons (Fsp3) is 0.778. The molecular formula is C18H33N5O5. The number of amides is 3. The van der Waals surface area contributed by atoms with Crippen molar-refractivity contribution in [3.63, 3.8) is 0 Å². The van der Waals surface area contributed by atoms with Crippen LogP contribution in [-0.2, 0) is 19.2 Å². The summed E-state index contributed by atoms with van der Waals surface area (Å²) < 4.78 is 0. The second-order valence-corrected chi connectivity index (χ2v) is 7.37. The quantitative estimate of drug-likeness (QED) is 0.271. The molecule has 1 rings (SSSR count). The highest BCUT2D eigenvalue weighted by atomic mass is 16.4. The number of carboxylic acid groups (broad SMARTS) is 1. The Labute approximate surface area is 165 Å². The Balaban J connectivity index is 2.87. The maximum Gasteiger partial charge on any atom is 0.326 e. The summed E-state index contributed by atoms with van der Waals surface area (Å²) in [6, 6.07) is -2.56. The third kappa shape index (κ3) is 6.75. The maximum atomic E-state index is 13.0. The number of unbranched alkanes of at least 4 members (excludes halogenated alkanes) is 1. The van der Waals surface area contributed by atoms with E-state index in [4.69, 9.17) is 11.5 Å². The van der Waals surface area contributed by atoms with Gasteiger partial charge in [0.05, 0.1) is 6.54 Å². The van der Waals surface area contributed by atoms with E-state index in [9.17, 15) is 24.3 Å². The fourth-order valence-electron chi connectivity index (χ4n) is 3.27. The number of hydrogen-bond acceptors (Lipinski definition) is 6. The summed E-state index contributed by atoms with van der Waals surface area (Å²) in [5, 5.41) is 14.4. The third-order valence-corrected chi connectivity index (χ3v) is 4.83. The first-order valence-electron chi connectivity index (χ1n) is 9.76. The van der Waals surface area contributed by atoms with Crippen molar-refractivity contribution < 1.29 is 24.3 Å². The topological polar surface area (TPSA) is 168 Å². The molecule has 1 saturated heterocycles. The van der Waals surface area contributed by atoms with Gasteiger partial charge in [-0.05, 0) is 44.6 Å². The zero-order chi connectivity index (χ0) is 21.3. The van der Waals surface area contributed by atoms with E-state index in [1.165, 1.54) is 4.90 Å². The van der Waals surface area contributed by atoms with Crippen molar-refractivity contribution in [3.05, 3.63) is 0 Å². The number of likely N-dealkylation sites (tertiary alicyclic amines) is 1. The summed E-state index contributed by atoms with van der Waals surface area (Å²) in [7, 11) is 0. The molecule has 0 aliphatic carbocycles. The Hall–Kier alpha value is -2.20. The molecule has 1 heterocycles. The van der Waals surface area contributed by atoms with Crippen LogP contribution in [0.25, 0.3) is 0 Å². The number of carbonyl (C=O) groups excluding carboxylic acids is 3. The van der Waals surface area contributed by atoms with Gasteiger partial charge in [0.25, 0.3) is 0 Å².